The van der Waals surface area contributed by atoms with Crippen LogP contribution in [0.4, 0.5) is 0 Å². The summed E-state index contributed by atoms with van der Waals surface area (Å²) < 4.78 is 5.36. The zero-order chi connectivity index (χ0) is 17.1. The average Bonchev–Trinajstić information content (AvgIpc) is 2.57. The Labute approximate surface area is 141 Å². The van der Waals surface area contributed by atoms with E-state index >= 15 is 0 Å². The number of methoxy groups -OCH3 is 1. The second-order valence-corrected chi connectivity index (χ2v) is 5.95. The van der Waals surface area contributed by atoms with Crippen LogP contribution in [0.15, 0.2) is 29.3 Å². The molecule has 0 spiro atoms. The zero-order valence-corrected chi connectivity index (χ0v) is 15.2. The van der Waals surface area contributed by atoms with Gasteiger partial charge in [-0.15, -0.1) is 0 Å². The molecule has 0 atom stereocenters. The number of benzene rings is 1. The lowest BCUT2D eigenvalue weighted by molar-refractivity contribution is 0.268. The SMILES string of the molecule is CN=C(NCCCCN(C)C(C)C)NCc1ccccc1OC. The van der Waals surface area contributed by atoms with E-state index in [1.54, 1.807) is 14.2 Å². The Morgan fingerprint density at radius 1 is 1.22 bits per heavy atom. The molecule has 0 unspecified atom stereocenters. The molecule has 1 rings (SSSR count). The number of rotatable bonds is 9. The molecular weight excluding hydrogens is 288 g/mol. The van der Waals surface area contributed by atoms with Gasteiger partial charge in [0, 0.05) is 31.7 Å². The molecule has 2 N–H and O–H groups in total. The first-order valence-corrected chi connectivity index (χ1v) is 8.35. The Kier molecular flexibility index (Phi) is 9.14. The maximum absolute atomic E-state index is 5.36. The van der Waals surface area contributed by atoms with E-state index in [0.29, 0.717) is 12.6 Å². The lowest BCUT2D eigenvalue weighted by atomic mass is 10.2. The number of nitrogens with one attached hydrogen (secondary N) is 2. The van der Waals surface area contributed by atoms with Crippen LogP contribution in [0, 0.1) is 0 Å². The predicted octanol–water partition coefficient (Wildman–Crippen LogP) is 2.48. The van der Waals surface area contributed by atoms with Crippen molar-refractivity contribution in [1.82, 2.24) is 15.5 Å². The van der Waals surface area contributed by atoms with Crippen LogP contribution in [-0.4, -0.2) is 51.2 Å². The van der Waals surface area contributed by atoms with Gasteiger partial charge in [0.2, 0.25) is 0 Å². The molecule has 5 heteroatoms. The summed E-state index contributed by atoms with van der Waals surface area (Å²) in [7, 11) is 5.66. The lowest BCUT2D eigenvalue weighted by Crippen LogP contribution is -2.37. The number of ether oxygens (including phenoxy) is 1. The highest BCUT2D eigenvalue weighted by Gasteiger charge is 2.04. The standard InChI is InChI=1S/C18H32N4O/c1-15(2)22(4)13-9-8-12-20-18(19-3)21-14-16-10-6-7-11-17(16)23-5/h6-7,10-11,15H,8-9,12-14H2,1-5H3,(H2,19,20,21). The van der Waals surface area contributed by atoms with Crippen LogP contribution >= 0.6 is 0 Å². The third-order valence-corrected chi connectivity index (χ3v) is 3.97. The highest BCUT2D eigenvalue weighted by molar-refractivity contribution is 5.79. The maximum Gasteiger partial charge on any atom is 0.191 e. The van der Waals surface area contributed by atoms with Gasteiger partial charge in [0.05, 0.1) is 7.11 Å². The summed E-state index contributed by atoms with van der Waals surface area (Å²) in [4.78, 5) is 6.63. The molecule has 5 nitrogen and oxygen atoms in total. The van der Waals surface area contributed by atoms with E-state index in [-0.39, 0.29) is 0 Å². The van der Waals surface area contributed by atoms with Crippen LogP contribution in [-0.2, 0) is 6.54 Å². The third-order valence-electron chi connectivity index (χ3n) is 3.97. The smallest absolute Gasteiger partial charge is 0.191 e. The van der Waals surface area contributed by atoms with E-state index in [1.807, 2.05) is 18.2 Å². The number of hydrogen-bond donors (Lipinski definition) is 2. The van der Waals surface area contributed by atoms with Crippen molar-refractivity contribution in [3.63, 3.8) is 0 Å². The summed E-state index contributed by atoms with van der Waals surface area (Å²) >= 11 is 0. The molecule has 0 aliphatic heterocycles. The van der Waals surface area contributed by atoms with Gasteiger partial charge in [0.15, 0.2) is 5.96 Å². The fraction of sp³-hybridized carbons (Fsp3) is 0.611. The number of nitrogens with zero attached hydrogens (tertiary/aromatic N) is 2. The van der Waals surface area contributed by atoms with Crippen molar-refractivity contribution in [2.24, 2.45) is 4.99 Å². The van der Waals surface area contributed by atoms with Gasteiger partial charge in [-0.1, -0.05) is 18.2 Å². The third kappa shape index (κ3) is 7.37. The van der Waals surface area contributed by atoms with Crippen LogP contribution in [0.5, 0.6) is 5.75 Å². The molecule has 0 bridgehead atoms. The molecule has 0 amide bonds. The molecule has 0 aliphatic rings. The maximum atomic E-state index is 5.36. The number of unbranched alkanes of at least 4 members (excludes halogenated alkanes) is 1. The van der Waals surface area contributed by atoms with Crippen molar-refractivity contribution in [3.05, 3.63) is 29.8 Å². The molecule has 0 aliphatic carbocycles. The second-order valence-electron chi connectivity index (χ2n) is 5.95. The first kappa shape index (κ1) is 19.3. The van der Waals surface area contributed by atoms with Gasteiger partial charge in [0.25, 0.3) is 0 Å². The summed E-state index contributed by atoms with van der Waals surface area (Å²) in [5.41, 5.74) is 1.12. The lowest BCUT2D eigenvalue weighted by Gasteiger charge is -2.20. The normalized spacial score (nSPS) is 11.9. The van der Waals surface area contributed by atoms with Gasteiger partial charge in [-0.2, -0.15) is 0 Å². The van der Waals surface area contributed by atoms with Crippen LogP contribution < -0.4 is 15.4 Å². The van der Waals surface area contributed by atoms with Gasteiger partial charge in [-0.25, -0.2) is 0 Å². The Balaban J connectivity index is 2.27. The fourth-order valence-corrected chi connectivity index (χ4v) is 2.20. The largest absolute Gasteiger partial charge is 0.496 e. The van der Waals surface area contributed by atoms with Crippen LogP contribution in [0.3, 0.4) is 0 Å². The molecule has 0 fully saturated rings. The topological polar surface area (TPSA) is 48.9 Å². The Morgan fingerprint density at radius 2 is 1.96 bits per heavy atom. The molecule has 0 radical (unpaired) electrons. The molecule has 130 valence electrons. The molecule has 1 aromatic rings. The number of para-hydroxylation sites is 1. The van der Waals surface area contributed by atoms with E-state index in [9.17, 15) is 0 Å². The van der Waals surface area contributed by atoms with Crippen molar-refractivity contribution in [3.8, 4) is 5.75 Å². The first-order valence-electron chi connectivity index (χ1n) is 8.35. The van der Waals surface area contributed by atoms with Gasteiger partial charge < -0.3 is 20.3 Å². The summed E-state index contributed by atoms with van der Waals surface area (Å²) in [5, 5.41) is 6.69. The molecule has 0 saturated heterocycles. The van der Waals surface area contributed by atoms with Crippen molar-refractivity contribution in [2.45, 2.75) is 39.3 Å². The predicted molar refractivity (Wildman–Crippen MR) is 98.2 cm³/mol. The molecule has 0 saturated carbocycles. The van der Waals surface area contributed by atoms with Crippen molar-refractivity contribution < 1.29 is 4.74 Å². The van der Waals surface area contributed by atoms with Crippen LogP contribution in [0.25, 0.3) is 0 Å². The second kappa shape index (κ2) is 10.9. The van der Waals surface area contributed by atoms with Crippen molar-refractivity contribution in [2.75, 3.05) is 34.3 Å². The van der Waals surface area contributed by atoms with Gasteiger partial charge in [-0.3, -0.25) is 4.99 Å². The van der Waals surface area contributed by atoms with Crippen LogP contribution in [0.2, 0.25) is 0 Å². The summed E-state index contributed by atoms with van der Waals surface area (Å²) in [6, 6.07) is 8.63. The summed E-state index contributed by atoms with van der Waals surface area (Å²) in [6.45, 7) is 7.20. The summed E-state index contributed by atoms with van der Waals surface area (Å²) in [5.74, 6) is 1.72. The van der Waals surface area contributed by atoms with Gasteiger partial charge >= 0.3 is 0 Å². The van der Waals surface area contributed by atoms with E-state index in [2.05, 4.69) is 47.5 Å². The van der Waals surface area contributed by atoms with E-state index < -0.39 is 0 Å². The summed E-state index contributed by atoms with van der Waals surface area (Å²) in [6.07, 6.45) is 2.32. The van der Waals surface area contributed by atoms with Crippen molar-refractivity contribution in [1.29, 1.82) is 0 Å². The molecule has 0 aromatic heterocycles. The van der Waals surface area contributed by atoms with E-state index in [4.69, 9.17) is 4.74 Å². The quantitative estimate of drug-likeness (QED) is 0.417. The fourth-order valence-electron chi connectivity index (χ4n) is 2.20. The van der Waals surface area contributed by atoms with Gasteiger partial charge in [0.1, 0.15) is 5.75 Å². The number of guanidine groups is 1. The first-order chi connectivity index (χ1) is 11.1. The zero-order valence-electron chi connectivity index (χ0n) is 15.2. The highest BCUT2D eigenvalue weighted by Crippen LogP contribution is 2.16. The average molecular weight is 320 g/mol. The molecular formula is C18H32N4O. The Bertz CT molecular complexity index is 474. The number of aliphatic imine (C=N–C) groups is 1. The minimum absolute atomic E-state index is 0.609. The monoisotopic (exact) mass is 320 g/mol. The highest BCUT2D eigenvalue weighted by atomic mass is 16.5. The van der Waals surface area contributed by atoms with E-state index in [1.165, 1.54) is 6.42 Å². The number of hydrogen-bond acceptors (Lipinski definition) is 3. The minimum atomic E-state index is 0.609. The molecule has 0 heterocycles. The molecule has 23 heavy (non-hydrogen) atoms. The molecule has 1 aromatic carbocycles. The Morgan fingerprint density at radius 3 is 2.61 bits per heavy atom. The van der Waals surface area contributed by atoms with Gasteiger partial charge in [-0.05, 0) is 46.3 Å². The van der Waals surface area contributed by atoms with Crippen LogP contribution in [0.1, 0.15) is 32.3 Å². The van der Waals surface area contributed by atoms with Crippen molar-refractivity contribution >= 4 is 5.96 Å². The Hall–Kier alpha value is -1.75. The van der Waals surface area contributed by atoms with E-state index in [0.717, 1.165) is 36.8 Å². The minimum Gasteiger partial charge on any atom is -0.496 e.